The van der Waals surface area contributed by atoms with Crippen molar-refractivity contribution in [1.82, 2.24) is 20.3 Å². The summed E-state index contributed by atoms with van der Waals surface area (Å²) in [5.74, 6) is -0.0120. The van der Waals surface area contributed by atoms with Crippen LogP contribution in [0, 0.1) is 5.92 Å². The van der Waals surface area contributed by atoms with E-state index in [1.807, 2.05) is 0 Å². The number of rotatable bonds is 9. The number of aromatic nitrogens is 3. The first-order valence-electron chi connectivity index (χ1n) is 11.5. The van der Waals surface area contributed by atoms with E-state index in [0.29, 0.717) is 26.8 Å². The number of aryl methyl sites for hydroxylation is 1. The maximum Gasteiger partial charge on any atom is 0.408 e. The molecule has 2 aromatic rings. The Morgan fingerprint density at radius 2 is 1.83 bits per heavy atom. The average Bonchev–Trinajstić information content (AvgIpc) is 3.24. The quantitative estimate of drug-likeness (QED) is 0.188. The standard InChI is InChI=1S/C24H30Cl2N4O5S/c1-13(2)19(29-23(32)35-24(3,4)5)21(31)34-12-33-20-14-7-6-8-18(14)28-22(30-20)36-11-15-16(25)9-27-10-17(15)26/h9-10,13,19H,6-8,11-12H2,1-5H3,(H,29,32)/t19-/m0/s1. The second-order valence-electron chi connectivity index (χ2n) is 9.55. The molecule has 0 aliphatic heterocycles. The van der Waals surface area contributed by atoms with Crippen LogP contribution in [0.15, 0.2) is 17.6 Å². The van der Waals surface area contributed by atoms with Crippen molar-refractivity contribution in [2.75, 3.05) is 6.79 Å². The summed E-state index contributed by atoms with van der Waals surface area (Å²) in [7, 11) is 0. The van der Waals surface area contributed by atoms with Gasteiger partial charge in [-0.2, -0.15) is 4.98 Å². The summed E-state index contributed by atoms with van der Waals surface area (Å²) in [6, 6.07) is -0.888. The van der Waals surface area contributed by atoms with Crippen molar-refractivity contribution in [1.29, 1.82) is 0 Å². The zero-order valence-corrected chi connectivity index (χ0v) is 23.2. The molecule has 1 aliphatic carbocycles. The van der Waals surface area contributed by atoms with Gasteiger partial charge in [-0.3, -0.25) is 4.98 Å². The minimum absolute atomic E-state index is 0.219. The highest BCUT2D eigenvalue weighted by Gasteiger charge is 2.29. The van der Waals surface area contributed by atoms with Gasteiger partial charge in [-0.15, -0.1) is 0 Å². The van der Waals surface area contributed by atoms with E-state index in [2.05, 4.69) is 20.3 Å². The lowest BCUT2D eigenvalue weighted by Crippen LogP contribution is -2.47. The van der Waals surface area contributed by atoms with Gasteiger partial charge < -0.3 is 19.5 Å². The third kappa shape index (κ3) is 7.85. The van der Waals surface area contributed by atoms with Gasteiger partial charge in [0.1, 0.15) is 11.6 Å². The molecule has 1 aliphatic rings. The van der Waals surface area contributed by atoms with E-state index in [1.165, 1.54) is 24.2 Å². The molecule has 0 spiro atoms. The van der Waals surface area contributed by atoms with Gasteiger partial charge in [0.15, 0.2) is 5.16 Å². The van der Waals surface area contributed by atoms with Crippen LogP contribution in [0.2, 0.25) is 10.0 Å². The van der Waals surface area contributed by atoms with Crippen molar-refractivity contribution in [3.63, 3.8) is 0 Å². The van der Waals surface area contributed by atoms with Crippen molar-refractivity contribution in [3.8, 4) is 5.88 Å². The van der Waals surface area contributed by atoms with Gasteiger partial charge in [0.05, 0.1) is 15.7 Å². The Hall–Kier alpha value is -2.30. The molecule has 2 aromatic heterocycles. The van der Waals surface area contributed by atoms with Crippen molar-refractivity contribution < 1.29 is 23.8 Å². The number of nitrogens with zero attached hydrogens (tertiary/aromatic N) is 3. The Kier molecular flexibility index (Phi) is 9.66. The molecule has 196 valence electrons. The summed E-state index contributed by atoms with van der Waals surface area (Å²) in [4.78, 5) is 37.9. The van der Waals surface area contributed by atoms with E-state index >= 15 is 0 Å². The summed E-state index contributed by atoms with van der Waals surface area (Å²) in [5, 5.41) is 4.02. The predicted molar refractivity (Wildman–Crippen MR) is 137 cm³/mol. The van der Waals surface area contributed by atoms with Gasteiger partial charge in [-0.1, -0.05) is 48.8 Å². The van der Waals surface area contributed by atoms with Crippen LogP contribution >= 0.6 is 35.0 Å². The number of halogens is 2. The highest BCUT2D eigenvalue weighted by atomic mass is 35.5. The van der Waals surface area contributed by atoms with Crippen molar-refractivity contribution >= 4 is 47.0 Å². The maximum atomic E-state index is 12.7. The summed E-state index contributed by atoms with van der Waals surface area (Å²) < 4.78 is 16.3. The molecule has 0 bridgehead atoms. The lowest BCUT2D eigenvalue weighted by molar-refractivity contribution is -0.154. The average molecular weight is 557 g/mol. The molecule has 0 radical (unpaired) electrons. The lowest BCUT2D eigenvalue weighted by Gasteiger charge is -2.24. The summed E-state index contributed by atoms with van der Waals surface area (Å²) in [6.07, 6.45) is 4.92. The first kappa shape index (κ1) is 28.3. The van der Waals surface area contributed by atoms with E-state index in [0.717, 1.165) is 36.1 Å². The topological polar surface area (TPSA) is 113 Å². The smallest absolute Gasteiger partial charge is 0.408 e. The fraction of sp³-hybridized carbons (Fsp3) is 0.542. The number of nitrogens with one attached hydrogen (secondary N) is 1. The predicted octanol–water partition coefficient (Wildman–Crippen LogP) is 5.39. The first-order valence-corrected chi connectivity index (χ1v) is 13.3. The number of carbonyl (C=O) groups is 2. The molecule has 0 fully saturated rings. The third-order valence-corrected chi connectivity index (χ3v) is 6.69. The van der Waals surface area contributed by atoms with Crippen LogP contribution < -0.4 is 10.1 Å². The Labute approximate surface area is 225 Å². The van der Waals surface area contributed by atoms with Gasteiger partial charge in [-0.25, -0.2) is 14.6 Å². The van der Waals surface area contributed by atoms with Gasteiger partial charge in [0.25, 0.3) is 0 Å². The number of hydrogen-bond donors (Lipinski definition) is 1. The van der Waals surface area contributed by atoms with Crippen LogP contribution in [-0.4, -0.2) is 45.5 Å². The van der Waals surface area contributed by atoms with E-state index in [9.17, 15) is 9.59 Å². The van der Waals surface area contributed by atoms with E-state index < -0.39 is 23.7 Å². The minimum Gasteiger partial charge on any atom is -0.444 e. The fourth-order valence-corrected chi connectivity index (χ4v) is 5.00. The zero-order chi connectivity index (χ0) is 26.5. The fourth-order valence-electron chi connectivity index (χ4n) is 3.44. The molecule has 3 rings (SSSR count). The summed E-state index contributed by atoms with van der Waals surface area (Å²) >= 11 is 13.8. The molecule has 1 atom stereocenters. The number of pyridine rings is 1. The van der Waals surface area contributed by atoms with Crippen LogP contribution in [0.25, 0.3) is 0 Å². The summed E-state index contributed by atoms with van der Waals surface area (Å²) in [6.45, 7) is 8.48. The number of alkyl carbamates (subject to hydrolysis) is 1. The molecule has 0 saturated carbocycles. The maximum absolute atomic E-state index is 12.7. The van der Waals surface area contributed by atoms with E-state index in [4.69, 9.17) is 37.4 Å². The second-order valence-corrected chi connectivity index (χ2v) is 11.3. The Morgan fingerprint density at radius 1 is 1.14 bits per heavy atom. The number of esters is 1. The second kappa shape index (κ2) is 12.3. The normalized spacial score (nSPS) is 13.8. The molecule has 0 aromatic carbocycles. The van der Waals surface area contributed by atoms with Crippen molar-refractivity contribution in [2.24, 2.45) is 5.92 Å². The minimum atomic E-state index is -0.888. The van der Waals surface area contributed by atoms with Crippen LogP contribution in [0.5, 0.6) is 5.88 Å². The van der Waals surface area contributed by atoms with Gasteiger partial charge >= 0.3 is 12.1 Å². The molecule has 0 saturated heterocycles. The SMILES string of the molecule is CC(C)[C@H](NC(=O)OC(C)(C)C)C(=O)OCOc1nc(SCc2c(Cl)cncc2Cl)nc2c1CCC2. The number of carbonyl (C=O) groups excluding carboxylic acids is 2. The largest absolute Gasteiger partial charge is 0.444 e. The highest BCUT2D eigenvalue weighted by molar-refractivity contribution is 7.98. The highest BCUT2D eigenvalue weighted by Crippen LogP contribution is 2.33. The third-order valence-electron chi connectivity index (χ3n) is 5.16. The summed E-state index contributed by atoms with van der Waals surface area (Å²) in [5.41, 5.74) is 1.88. The Balaban J connectivity index is 1.63. The first-order chi connectivity index (χ1) is 16.9. The molecule has 1 amide bonds. The van der Waals surface area contributed by atoms with Crippen molar-refractivity contribution in [3.05, 3.63) is 39.3 Å². The van der Waals surface area contributed by atoms with E-state index in [-0.39, 0.29) is 12.7 Å². The Morgan fingerprint density at radius 3 is 2.47 bits per heavy atom. The van der Waals surface area contributed by atoms with Crippen LogP contribution in [0.4, 0.5) is 4.79 Å². The van der Waals surface area contributed by atoms with Crippen LogP contribution in [-0.2, 0) is 32.9 Å². The number of ether oxygens (including phenoxy) is 3. The monoisotopic (exact) mass is 556 g/mol. The number of fused-ring (bicyclic) bond motifs is 1. The van der Waals surface area contributed by atoms with Gasteiger partial charge in [-0.05, 0) is 46.0 Å². The zero-order valence-electron chi connectivity index (χ0n) is 20.9. The Bertz CT molecular complexity index is 1090. The van der Waals surface area contributed by atoms with Crippen LogP contribution in [0.3, 0.4) is 0 Å². The number of amides is 1. The molecular formula is C24H30Cl2N4O5S. The van der Waals surface area contributed by atoms with Crippen molar-refractivity contribution in [2.45, 2.75) is 76.4 Å². The molecule has 12 heteroatoms. The molecular weight excluding hydrogens is 527 g/mol. The van der Waals surface area contributed by atoms with Gasteiger partial charge in [0, 0.05) is 29.3 Å². The lowest BCUT2D eigenvalue weighted by atomic mass is 10.1. The number of thioether (sulfide) groups is 1. The molecule has 9 nitrogen and oxygen atoms in total. The molecule has 2 heterocycles. The molecule has 0 unspecified atom stereocenters. The molecule has 36 heavy (non-hydrogen) atoms. The van der Waals surface area contributed by atoms with Crippen LogP contribution in [0.1, 0.15) is 57.9 Å². The van der Waals surface area contributed by atoms with E-state index in [1.54, 1.807) is 34.6 Å². The van der Waals surface area contributed by atoms with Gasteiger partial charge in [0.2, 0.25) is 12.7 Å². The molecule has 1 N–H and O–H groups in total. The number of hydrogen-bond acceptors (Lipinski definition) is 9.